The van der Waals surface area contributed by atoms with Crippen LogP contribution >= 0.6 is 0 Å². The molecule has 2 aromatic rings. The van der Waals surface area contributed by atoms with Crippen molar-refractivity contribution in [1.29, 1.82) is 0 Å². The summed E-state index contributed by atoms with van der Waals surface area (Å²) in [5.41, 5.74) is 1.14. The summed E-state index contributed by atoms with van der Waals surface area (Å²) in [7, 11) is 1.49. The molecule has 3 amide bonds. The Kier molecular flexibility index (Phi) is 5.08. The van der Waals surface area contributed by atoms with Crippen LogP contribution in [-0.4, -0.2) is 41.3 Å². The predicted octanol–water partition coefficient (Wildman–Crippen LogP) is 0.446. The number of aromatic amines is 1. The van der Waals surface area contributed by atoms with Crippen molar-refractivity contribution in [3.8, 4) is 0 Å². The fourth-order valence-electron chi connectivity index (χ4n) is 1.82. The van der Waals surface area contributed by atoms with Crippen LogP contribution < -0.4 is 16.0 Å². The molecule has 0 saturated carbocycles. The Morgan fingerprint density at radius 3 is 2.65 bits per heavy atom. The Morgan fingerprint density at radius 2 is 2.00 bits per heavy atom. The minimum Gasteiger partial charge on any atom is -0.358 e. The van der Waals surface area contributed by atoms with Crippen molar-refractivity contribution in [2.45, 2.75) is 6.92 Å². The van der Waals surface area contributed by atoms with Crippen molar-refractivity contribution < 1.29 is 14.4 Å². The number of hydrogen-bond donors (Lipinski definition) is 4. The van der Waals surface area contributed by atoms with Crippen LogP contribution in [0.1, 0.15) is 26.7 Å². The number of aromatic nitrogens is 2. The van der Waals surface area contributed by atoms with E-state index in [1.807, 2.05) is 0 Å². The average molecular weight is 315 g/mol. The Morgan fingerprint density at radius 1 is 1.22 bits per heavy atom. The normalized spacial score (nSPS) is 10.0. The summed E-state index contributed by atoms with van der Waals surface area (Å²) < 4.78 is 0. The molecule has 0 unspecified atom stereocenters. The Hall–Kier alpha value is -3.16. The molecule has 8 heteroatoms. The van der Waals surface area contributed by atoms with Gasteiger partial charge in [0, 0.05) is 18.3 Å². The number of anilines is 1. The minimum atomic E-state index is -0.401. The Labute approximate surface area is 132 Å². The highest BCUT2D eigenvalue weighted by Crippen LogP contribution is 2.12. The van der Waals surface area contributed by atoms with Crippen LogP contribution in [0, 0.1) is 6.92 Å². The number of aryl methyl sites for hydroxylation is 1. The van der Waals surface area contributed by atoms with Gasteiger partial charge in [-0.2, -0.15) is 0 Å². The second kappa shape index (κ2) is 7.21. The molecule has 23 heavy (non-hydrogen) atoms. The van der Waals surface area contributed by atoms with E-state index in [1.165, 1.54) is 19.3 Å². The molecule has 2 rings (SSSR count). The third-order valence-corrected chi connectivity index (χ3v) is 3.02. The van der Waals surface area contributed by atoms with Crippen LogP contribution in [0.4, 0.5) is 5.69 Å². The van der Waals surface area contributed by atoms with Gasteiger partial charge < -0.3 is 20.9 Å². The maximum atomic E-state index is 12.0. The van der Waals surface area contributed by atoms with Crippen LogP contribution in [0.2, 0.25) is 0 Å². The lowest BCUT2D eigenvalue weighted by Crippen LogP contribution is -2.35. The molecule has 0 aliphatic carbocycles. The third-order valence-electron chi connectivity index (χ3n) is 3.02. The van der Waals surface area contributed by atoms with Crippen LogP contribution in [0.3, 0.4) is 0 Å². The molecule has 0 radical (unpaired) electrons. The SMILES string of the molecule is CNC(=O)CNC(=O)c1cccc(NC(=O)c2cnc(C)[nH]2)c1. The van der Waals surface area contributed by atoms with Crippen LogP contribution in [0.25, 0.3) is 0 Å². The molecule has 1 heterocycles. The zero-order valence-corrected chi connectivity index (χ0v) is 12.8. The molecule has 1 aromatic heterocycles. The number of H-pyrrole nitrogens is 1. The van der Waals surface area contributed by atoms with Gasteiger partial charge in [-0.25, -0.2) is 4.98 Å². The molecule has 1 aromatic carbocycles. The van der Waals surface area contributed by atoms with Gasteiger partial charge in [0.2, 0.25) is 5.91 Å². The second-order valence-corrected chi connectivity index (χ2v) is 4.77. The maximum Gasteiger partial charge on any atom is 0.273 e. The third kappa shape index (κ3) is 4.40. The number of carbonyl (C=O) groups is 3. The quantitative estimate of drug-likeness (QED) is 0.641. The summed E-state index contributed by atoms with van der Waals surface area (Å²) in [6.07, 6.45) is 1.44. The average Bonchev–Trinajstić information content (AvgIpc) is 2.99. The summed E-state index contributed by atoms with van der Waals surface area (Å²) in [4.78, 5) is 41.9. The number of hydrogen-bond acceptors (Lipinski definition) is 4. The summed E-state index contributed by atoms with van der Waals surface area (Å²) in [5.74, 6) is -0.412. The highest BCUT2D eigenvalue weighted by Gasteiger charge is 2.11. The number of carbonyl (C=O) groups excluding carboxylic acids is 3. The van der Waals surface area contributed by atoms with Crippen molar-refractivity contribution in [2.75, 3.05) is 18.9 Å². The first-order valence-electron chi connectivity index (χ1n) is 6.91. The van der Waals surface area contributed by atoms with E-state index >= 15 is 0 Å². The summed E-state index contributed by atoms with van der Waals surface area (Å²) >= 11 is 0. The Bertz CT molecular complexity index is 738. The fraction of sp³-hybridized carbons (Fsp3) is 0.200. The molecule has 0 spiro atoms. The first kappa shape index (κ1) is 16.2. The van der Waals surface area contributed by atoms with E-state index < -0.39 is 5.91 Å². The number of rotatable bonds is 5. The van der Waals surface area contributed by atoms with Gasteiger partial charge in [0.1, 0.15) is 11.5 Å². The lowest BCUT2D eigenvalue weighted by atomic mass is 10.2. The second-order valence-electron chi connectivity index (χ2n) is 4.77. The largest absolute Gasteiger partial charge is 0.358 e. The molecule has 4 N–H and O–H groups in total. The van der Waals surface area contributed by atoms with Gasteiger partial charge in [-0.3, -0.25) is 14.4 Å². The van der Waals surface area contributed by atoms with Crippen LogP contribution in [0.5, 0.6) is 0 Å². The molecule has 0 aliphatic heterocycles. The van der Waals surface area contributed by atoms with Gasteiger partial charge in [0.05, 0.1) is 12.7 Å². The number of nitrogens with one attached hydrogen (secondary N) is 4. The Balaban J connectivity index is 2.03. The smallest absolute Gasteiger partial charge is 0.273 e. The fourth-order valence-corrected chi connectivity index (χ4v) is 1.82. The van der Waals surface area contributed by atoms with Gasteiger partial charge in [-0.1, -0.05) is 6.07 Å². The van der Waals surface area contributed by atoms with E-state index in [0.717, 1.165) is 0 Å². The zero-order valence-electron chi connectivity index (χ0n) is 12.8. The van der Waals surface area contributed by atoms with Crippen molar-refractivity contribution in [3.63, 3.8) is 0 Å². The number of imidazole rings is 1. The van der Waals surface area contributed by atoms with E-state index in [0.29, 0.717) is 22.8 Å². The van der Waals surface area contributed by atoms with Crippen LogP contribution in [0.15, 0.2) is 30.5 Å². The number of likely N-dealkylation sites (N-methyl/N-ethyl adjacent to an activating group) is 1. The number of benzene rings is 1. The van der Waals surface area contributed by atoms with E-state index in [9.17, 15) is 14.4 Å². The molecule has 0 aliphatic rings. The topological polar surface area (TPSA) is 116 Å². The first-order chi connectivity index (χ1) is 11.0. The van der Waals surface area contributed by atoms with Crippen molar-refractivity contribution >= 4 is 23.4 Å². The first-order valence-corrected chi connectivity index (χ1v) is 6.91. The summed E-state index contributed by atoms with van der Waals surface area (Å²) in [6.45, 7) is 1.63. The molecular formula is C15H17N5O3. The van der Waals surface area contributed by atoms with Gasteiger partial charge in [0.25, 0.3) is 11.8 Å². The predicted molar refractivity (Wildman–Crippen MR) is 84.1 cm³/mol. The molecular weight excluding hydrogens is 298 g/mol. The maximum absolute atomic E-state index is 12.0. The standard InChI is InChI=1S/C15H17N5O3/c1-9-17-7-12(19-9)15(23)20-11-5-3-4-10(6-11)14(22)18-8-13(21)16-2/h3-7H,8H2,1-2H3,(H,16,21)(H,17,19)(H,18,22)(H,20,23). The molecule has 0 bridgehead atoms. The molecule has 0 fully saturated rings. The van der Waals surface area contributed by atoms with Gasteiger partial charge in [-0.05, 0) is 25.1 Å². The van der Waals surface area contributed by atoms with E-state index in [4.69, 9.17) is 0 Å². The van der Waals surface area contributed by atoms with Crippen molar-refractivity contribution in [3.05, 3.63) is 47.5 Å². The van der Waals surface area contributed by atoms with Crippen molar-refractivity contribution in [2.24, 2.45) is 0 Å². The van der Waals surface area contributed by atoms with E-state index in [1.54, 1.807) is 25.1 Å². The summed E-state index contributed by atoms with van der Waals surface area (Å²) in [5, 5.41) is 7.57. The van der Waals surface area contributed by atoms with E-state index in [-0.39, 0.29) is 18.4 Å². The number of nitrogens with zero attached hydrogens (tertiary/aromatic N) is 1. The van der Waals surface area contributed by atoms with Gasteiger partial charge >= 0.3 is 0 Å². The zero-order chi connectivity index (χ0) is 16.8. The van der Waals surface area contributed by atoms with E-state index in [2.05, 4.69) is 25.9 Å². The van der Waals surface area contributed by atoms with Gasteiger partial charge in [-0.15, -0.1) is 0 Å². The molecule has 0 atom stereocenters. The lowest BCUT2D eigenvalue weighted by molar-refractivity contribution is -0.119. The van der Waals surface area contributed by atoms with Gasteiger partial charge in [0.15, 0.2) is 0 Å². The van der Waals surface area contributed by atoms with Crippen molar-refractivity contribution in [1.82, 2.24) is 20.6 Å². The highest BCUT2D eigenvalue weighted by molar-refractivity contribution is 6.04. The summed E-state index contributed by atoms with van der Waals surface area (Å²) in [6, 6.07) is 6.43. The molecule has 120 valence electrons. The molecule has 8 nitrogen and oxygen atoms in total. The monoisotopic (exact) mass is 315 g/mol. The number of amides is 3. The lowest BCUT2D eigenvalue weighted by Gasteiger charge is -2.07. The highest BCUT2D eigenvalue weighted by atomic mass is 16.2. The minimum absolute atomic E-state index is 0.112. The molecule has 0 saturated heterocycles. The van der Waals surface area contributed by atoms with Crippen LogP contribution in [-0.2, 0) is 4.79 Å².